The van der Waals surface area contributed by atoms with E-state index in [9.17, 15) is 5.11 Å². The van der Waals surface area contributed by atoms with Gasteiger partial charge in [-0.05, 0) is 20.3 Å². The Morgan fingerprint density at radius 1 is 1.14 bits per heavy atom. The third-order valence-electron chi connectivity index (χ3n) is 1.27. The maximum atomic E-state index is 9.88. The Labute approximate surface area is 110 Å². The molecule has 0 saturated heterocycles. The zero-order valence-electron chi connectivity index (χ0n) is 9.81. The van der Waals surface area contributed by atoms with Crippen molar-refractivity contribution in [1.82, 2.24) is 0 Å². The van der Waals surface area contributed by atoms with Crippen LogP contribution in [0.15, 0.2) is 24.3 Å². The molecule has 0 aromatic rings. The second-order valence-corrected chi connectivity index (χ2v) is 3.23. The summed E-state index contributed by atoms with van der Waals surface area (Å²) in [6, 6.07) is 0. The van der Waals surface area contributed by atoms with Crippen molar-refractivity contribution >= 4 is 0 Å². The summed E-state index contributed by atoms with van der Waals surface area (Å²) in [5.74, 6) is 0. The summed E-state index contributed by atoms with van der Waals surface area (Å²) in [6.45, 7) is 11.1. The van der Waals surface area contributed by atoms with Crippen LogP contribution in [0.5, 0.6) is 0 Å². The minimum absolute atomic E-state index is 0. The maximum absolute atomic E-state index is 9.88. The predicted octanol–water partition coefficient (Wildman–Crippen LogP) is -1.35. The van der Waals surface area contributed by atoms with Crippen molar-refractivity contribution in [1.29, 1.82) is 0 Å². The van der Waals surface area contributed by atoms with Gasteiger partial charge in [0.2, 0.25) is 0 Å². The first-order valence-corrected chi connectivity index (χ1v) is 4.52. The van der Waals surface area contributed by atoms with Crippen LogP contribution in [-0.4, -0.2) is 18.3 Å². The molecular formula is C11H21NaO2. The molecule has 0 aromatic heterocycles. The van der Waals surface area contributed by atoms with E-state index in [2.05, 4.69) is 13.2 Å². The number of unbranched alkanes of at least 4 members (excludes halogenated alkanes) is 1. The third kappa shape index (κ3) is 29.4. The van der Waals surface area contributed by atoms with Gasteiger partial charge >= 0.3 is 29.6 Å². The quantitative estimate of drug-likeness (QED) is 0.345. The van der Waals surface area contributed by atoms with E-state index in [1.807, 2.05) is 6.92 Å². The first kappa shape index (κ1) is 19.9. The second-order valence-electron chi connectivity index (χ2n) is 3.23. The summed E-state index contributed by atoms with van der Waals surface area (Å²) in [5, 5.41) is 17.9. The fraction of sp³-hybridized carbons (Fsp3) is 0.636. The zero-order valence-corrected chi connectivity index (χ0v) is 11.8. The van der Waals surface area contributed by atoms with Crippen molar-refractivity contribution in [3.63, 3.8) is 0 Å². The first-order valence-electron chi connectivity index (χ1n) is 4.52. The molecule has 14 heavy (non-hydrogen) atoms. The molecule has 0 saturated carbocycles. The van der Waals surface area contributed by atoms with E-state index in [1.165, 1.54) is 5.57 Å². The first-order chi connectivity index (χ1) is 6.04. The van der Waals surface area contributed by atoms with E-state index in [0.717, 1.165) is 24.8 Å². The van der Waals surface area contributed by atoms with E-state index in [-0.39, 0.29) is 42.8 Å². The van der Waals surface area contributed by atoms with Crippen LogP contribution in [0.3, 0.4) is 0 Å². The molecular weight excluding hydrogens is 187 g/mol. The smallest absolute Gasteiger partial charge is 0.854 e. The van der Waals surface area contributed by atoms with Crippen LogP contribution < -0.4 is 34.7 Å². The third-order valence-corrected chi connectivity index (χ3v) is 1.27. The van der Waals surface area contributed by atoms with Gasteiger partial charge in [0.15, 0.2) is 0 Å². The standard InChI is InChI=1S/C7H13O.C4H8O.Na/c1-7(2)5-3-4-6-8;1-4(2)3-5;/h1,3-6H2,2H3;5H,1,3H2,2H3;/q-1;;+1. The number of hydrogen-bond acceptors (Lipinski definition) is 2. The summed E-state index contributed by atoms with van der Waals surface area (Å²) in [6.07, 6.45) is 2.83. The molecule has 0 rings (SSSR count). The van der Waals surface area contributed by atoms with Crippen molar-refractivity contribution in [3.8, 4) is 0 Å². The Bertz CT molecular complexity index is 144. The SMILES string of the molecule is C=C(C)CCCC[O-].C=C(C)CO.[Na+]. The van der Waals surface area contributed by atoms with E-state index in [4.69, 9.17) is 5.11 Å². The molecule has 0 radical (unpaired) electrons. The topological polar surface area (TPSA) is 43.3 Å². The fourth-order valence-corrected chi connectivity index (χ4v) is 0.529. The average Bonchev–Trinajstić information content (AvgIpc) is 2.05. The van der Waals surface area contributed by atoms with Gasteiger partial charge in [-0.2, -0.15) is 0 Å². The van der Waals surface area contributed by atoms with Crippen molar-refractivity contribution in [2.45, 2.75) is 33.1 Å². The molecule has 0 heterocycles. The fourth-order valence-electron chi connectivity index (χ4n) is 0.529. The molecule has 0 amide bonds. The predicted molar refractivity (Wildman–Crippen MR) is 55.4 cm³/mol. The van der Waals surface area contributed by atoms with Crippen LogP contribution in [-0.2, 0) is 0 Å². The summed E-state index contributed by atoms with van der Waals surface area (Å²) in [5.41, 5.74) is 1.99. The largest absolute Gasteiger partial charge is 1.00 e. The molecule has 0 spiro atoms. The van der Waals surface area contributed by atoms with Crippen LogP contribution in [0.2, 0.25) is 0 Å². The normalized spacial score (nSPS) is 8.00. The summed E-state index contributed by atoms with van der Waals surface area (Å²) < 4.78 is 0. The van der Waals surface area contributed by atoms with Crippen molar-refractivity contribution in [3.05, 3.63) is 24.3 Å². The molecule has 0 bridgehead atoms. The van der Waals surface area contributed by atoms with Crippen LogP contribution >= 0.6 is 0 Å². The van der Waals surface area contributed by atoms with Crippen LogP contribution in [0.4, 0.5) is 0 Å². The number of aliphatic hydroxyl groups excluding tert-OH is 1. The second kappa shape index (κ2) is 15.9. The Hall–Kier alpha value is 0.400. The monoisotopic (exact) mass is 208 g/mol. The Morgan fingerprint density at radius 3 is 1.79 bits per heavy atom. The van der Waals surface area contributed by atoms with E-state index in [1.54, 1.807) is 6.92 Å². The van der Waals surface area contributed by atoms with Gasteiger partial charge in [0.1, 0.15) is 0 Å². The van der Waals surface area contributed by atoms with Gasteiger partial charge in [-0.3, -0.25) is 0 Å². The van der Waals surface area contributed by atoms with Crippen LogP contribution in [0.25, 0.3) is 0 Å². The maximum Gasteiger partial charge on any atom is 1.00 e. The molecule has 3 heteroatoms. The van der Waals surface area contributed by atoms with Gasteiger partial charge in [0.25, 0.3) is 0 Å². The summed E-state index contributed by atoms with van der Waals surface area (Å²) in [4.78, 5) is 0. The van der Waals surface area contributed by atoms with Crippen molar-refractivity contribution in [2.75, 3.05) is 13.2 Å². The Morgan fingerprint density at radius 2 is 1.57 bits per heavy atom. The number of rotatable bonds is 5. The van der Waals surface area contributed by atoms with Gasteiger partial charge in [-0.25, -0.2) is 0 Å². The molecule has 0 atom stereocenters. The molecule has 0 aromatic carbocycles. The Kier molecular flexibility index (Phi) is 22.5. The average molecular weight is 208 g/mol. The zero-order chi connectivity index (χ0) is 10.7. The van der Waals surface area contributed by atoms with Gasteiger partial charge in [-0.15, -0.1) is 13.2 Å². The molecule has 0 aliphatic carbocycles. The van der Waals surface area contributed by atoms with E-state index in [0.29, 0.717) is 0 Å². The van der Waals surface area contributed by atoms with E-state index >= 15 is 0 Å². The molecule has 1 N–H and O–H groups in total. The van der Waals surface area contributed by atoms with Crippen LogP contribution in [0, 0.1) is 0 Å². The minimum atomic E-state index is 0. The van der Waals surface area contributed by atoms with Gasteiger partial charge in [-0.1, -0.05) is 30.6 Å². The number of allylic oxidation sites excluding steroid dienone is 1. The molecule has 78 valence electrons. The number of hydrogen-bond donors (Lipinski definition) is 1. The molecule has 0 aliphatic heterocycles. The Balaban J connectivity index is -0.000000177. The molecule has 0 fully saturated rings. The summed E-state index contributed by atoms with van der Waals surface area (Å²) in [7, 11) is 0. The van der Waals surface area contributed by atoms with Crippen molar-refractivity contribution in [2.24, 2.45) is 0 Å². The van der Waals surface area contributed by atoms with E-state index < -0.39 is 0 Å². The molecule has 0 aliphatic rings. The van der Waals surface area contributed by atoms with Gasteiger partial charge in [0.05, 0.1) is 6.61 Å². The van der Waals surface area contributed by atoms with Crippen molar-refractivity contribution < 1.29 is 39.8 Å². The van der Waals surface area contributed by atoms with Gasteiger partial charge in [0, 0.05) is 0 Å². The summed E-state index contributed by atoms with van der Waals surface area (Å²) >= 11 is 0. The van der Waals surface area contributed by atoms with Crippen LogP contribution in [0.1, 0.15) is 33.1 Å². The van der Waals surface area contributed by atoms with Gasteiger partial charge < -0.3 is 10.2 Å². The molecule has 2 nitrogen and oxygen atoms in total. The minimum Gasteiger partial charge on any atom is -0.854 e. The molecule has 0 unspecified atom stereocenters. The number of aliphatic hydroxyl groups is 1.